The van der Waals surface area contributed by atoms with Gasteiger partial charge in [-0.25, -0.2) is 14.4 Å². The lowest BCUT2D eigenvalue weighted by molar-refractivity contribution is 0.462. The molecular formula is C21H14Cl2FN3O2. The lowest BCUT2D eigenvalue weighted by Crippen LogP contribution is -2.21. The number of hydrogen-bond donors (Lipinski definition) is 0. The molecule has 0 aliphatic heterocycles. The molecule has 0 unspecified atom stereocenters. The molecule has 146 valence electrons. The smallest absolute Gasteiger partial charge is 0.261 e. The van der Waals surface area contributed by atoms with Crippen molar-refractivity contribution in [1.82, 2.24) is 14.5 Å². The van der Waals surface area contributed by atoms with E-state index in [1.165, 1.54) is 22.8 Å². The van der Waals surface area contributed by atoms with Gasteiger partial charge in [0.25, 0.3) is 5.56 Å². The Labute approximate surface area is 175 Å². The summed E-state index contributed by atoms with van der Waals surface area (Å²) >= 11 is 11.9. The highest BCUT2D eigenvalue weighted by atomic mass is 35.5. The molecule has 5 nitrogen and oxygen atoms in total. The van der Waals surface area contributed by atoms with E-state index < -0.39 is 5.82 Å². The van der Waals surface area contributed by atoms with Gasteiger partial charge < -0.3 is 4.74 Å². The minimum Gasteiger partial charge on any atom is -0.438 e. The summed E-state index contributed by atoms with van der Waals surface area (Å²) in [7, 11) is 1.62. The van der Waals surface area contributed by atoms with Crippen LogP contribution in [0.25, 0.3) is 22.3 Å². The number of ether oxygens (including phenoxy) is 1. The van der Waals surface area contributed by atoms with Crippen LogP contribution in [0.3, 0.4) is 0 Å². The highest BCUT2D eigenvalue weighted by Gasteiger charge is 2.17. The van der Waals surface area contributed by atoms with E-state index in [-0.39, 0.29) is 16.5 Å². The molecule has 0 aliphatic carbocycles. The van der Waals surface area contributed by atoms with Gasteiger partial charge in [-0.15, -0.1) is 0 Å². The molecule has 2 aromatic heterocycles. The van der Waals surface area contributed by atoms with Crippen LogP contribution in [0.4, 0.5) is 4.39 Å². The fourth-order valence-electron chi connectivity index (χ4n) is 3.04. The number of pyridine rings is 1. The van der Waals surface area contributed by atoms with Crippen LogP contribution < -0.4 is 10.3 Å². The zero-order chi connectivity index (χ0) is 20.7. The van der Waals surface area contributed by atoms with Gasteiger partial charge in [0, 0.05) is 24.3 Å². The number of fused-ring (bicyclic) bond motifs is 1. The van der Waals surface area contributed by atoms with E-state index in [0.717, 1.165) is 5.56 Å². The number of aromatic nitrogens is 3. The zero-order valence-corrected chi connectivity index (χ0v) is 16.9. The Morgan fingerprint density at radius 1 is 1.14 bits per heavy atom. The molecule has 0 atom stereocenters. The maximum atomic E-state index is 13.4. The van der Waals surface area contributed by atoms with Gasteiger partial charge in [0.1, 0.15) is 17.4 Å². The molecule has 4 rings (SSSR count). The van der Waals surface area contributed by atoms with Crippen LogP contribution in [0.2, 0.25) is 10.0 Å². The highest BCUT2D eigenvalue weighted by molar-refractivity contribution is 6.31. The maximum Gasteiger partial charge on any atom is 0.261 e. The summed E-state index contributed by atoms with van der Waals surface area (Å²) in [6, 6.07) is 10.8. The number of hydrogen-bond acceptors (Lipinski definition) is 4. The third kappa shape index (κ3) is 3.57. The van der Waals surface area contributed by atoms with Crippen LogP contribution in [0.15, 0.2) is 53.5 Å². The van der Waals surface area contributed by atoms with Gasteiger partial charge in [-0.2, -0.15) is 0 Å². The average Bonchev–Trinajstić information content (AvgIpc) is 2.69. The standard InChI is InChI=1S/C21H14Cl2FN3O2/c1-11-8-12(22)9-15-18(11)26-19(27(2)21(15)28)14-4-3-7-25-20(14)29-13-5-6-17(24)16(23)10-13/h3-10H,1-2H3. The van der Waals surface area contributed by atoms with Crippen molar-refractivity contribution < 1.29 is 9.13 Å². The molecule has 0 aliphatic rings. The van der Waals surface area contributed by atoms with E-state index in [9.17, 15) is 9.18 Å². The molecule has 4 aromatic rings. The molecule has 0 N–H and O–H groups in total. The van der Waals surface area contributed by atoms with Crippen LogP contribution in [-0.2, 0) is 7.05 Å². The summed E-state index contributed by atoms with van der Waals surface area (Å²) in [6.45, 7) is 1.84. The summed E-state index contributed by atoms with van der Waals surface area (Å²) in [4.78, 5) is 21.9. The van der Waals surface area contributed by atoms with Gasteiger partial charge in [0.15, 0.2) is 0 Å². The Hall–Kier alpha value is -2.96. The largest absolute Gasteiger partial charge is 0.438 e. The second-order valence-electron chi connectivity index (χ2n) is 6.45. The minimum atomic E-state index is -0.548. The fourth-order valence-corrected chi connectivity index (χ4v) is 3.48. The molecule has 0 amide bonds. The van der Waals surface area contributed by atoms with E-state index in [4.69, 9.17) is 27.9 Å². The van der Waals surface area contributed by atoms with Crippen LogP contribution in [0, 0.1) is 12.7 Å². The van der Waals surface area contributed by atoms with Gasteiger partial charge in [0.2, 0.25) is 5.88 Å². The zero-order valence-electron chi connectivity index (χ0n) is 15.4. The molecule has 2 heterocycles. The Balaban J connectivity index is 1.90. The number of benzene rings is 2. The Kier molecular flexibility index (Phi) is 4.98. The summed E-state index contributed by atoms with van der Waals surface area (Å²) in [5.74, 6) is 0.353. The molecule has 0 spiro atoms. The van der Waals surface area contributed by atoms with Crippen molar-refractivity contribution >= 4 is 34.1 Å². The summed E-state index contributed by atoms with van der Waals surface area (Å²) in [5, 5.41) is 0.835. The molecular weight excluding hydrogens is 416 g/mol. The summed E-state index contributed by atoms with van der Waals surface area (Å²) < 4.78 is 20.7. The first-order valence-corrected chi connectivity index (χ1v) is 9.36. The minimum absolute atomic E-state index is 0.0660. The Morgan fingerprint density at radius 2 is 1.93 bits per heavy atom. The number of rotatable bonds is 3. The first-order chi connectivity index (χ1) is 13.8. The van der Waals surface area contributed by atoms with Crippen molar-refractivity contribution in [1.29, 1.82) is 0 Å². The monoisotopic (exact) mass is 429 g/mol. The second kappa shape index (κ2) is 7.46. The molecule has 2 aromatic carbocycles. The molecule has 0 saturated heterocycles. The van der Waals surface area contributed by atoms with Crippen molar-refractivity contribution in [2.75, 3.05) is 0 Å². The summed E-state index contributed by atoms with van der Waals surface area (Å²) in [6.07, 6.45) is 1.55. The third-order valence-electron chi connectivity index (χ3n) is 4.45. The molecule has 29 heavy (non-hydrogen) atoms. The Bertz CT molecular complexity index is 1320. The molecule has 0 bridgehead atoms. The van der Waals surface area contributed by atoms with Crippen molar-refractivity contribution in [3.63, 3.8) is 0 Å². The first-order valence-electron chi connectivity index (χ1n) is 8.60. The number of aryl methyl sites for hydroxylation is 1. The lowest BCUT2D eigenvalue weighted by Gasteiger charge is -2.14. The third-order valence-corrected chi connectivity index (χ3v) is 4.96. The van der Waals surface area contributed by atoms with Gasteiger partial charge >= 0.3 is 0 Å². The first kappa shape index (κ1) is 19.4. The second-order valence-corrected chi connectivity index (χ2v) is 7.30. The average molecular weight is 430 g/mol. The van der Waals surface area contributed by atoms with Crippen LogP contribution in [0.5, 0.6) is 11.6 Å². The van der Waals surface area contributed by atoms with Crippen LogP contribution in [-0.4, -0.2) is 14.5 Å². The predicted octanol–water partition coefficient (Wildman–Crippen LogP) is 5.54. The quantitative estimate of drug-likeness (QED) is 0.428. The molecule has 0 radical (unpaired) electrons. The Morgan fingerprint density at radius 3 is 2.69 bits per heavy atom. The SMILES string of the molecule is Cc1cc(Cl)cc2c(=O)n(C)c(-c3cccnc3Oc3ccc(F)c(Cl)c3)nc12. The molecule has 8 heteroatoms. The van der Waals surface area contributed by atoms with E-state index in [2.05, 4.69) is 9.97 Å². The highest BCUT2D eigenvalue weighted by Crippen LogP contribution is 2.32. The topological polar surface area (TPSA) is 57.0 Å². The lowest BCUT2D eigenvalue weighted by atomic mass is 10.1. The van der Waals surface area contributed by atoms with E-state index in [1.807, 2.05) is 6.92 Å². The van der Waals surface area contributed by atoms with Crippen LogP contribution in [0.1, 0.15) is 5.56 Å². The van der Waals surface area contributed by atoms with Crippen molar-refractivity contribution in [3.05, 3.63) is 80.4 Å². The van der Waals surface area contributed by atoms with E-state index >= 15 is 0 Å². The normalized spacial score (nSPS) is 11.1. The molecule has 0 fully saturated rings. The van der Waals surface area contributed by atoms with E-state index in [0.29, 0.717) is 33.1 Å². The summed E-state index contributed by atoms with van der Waals surface area (Å²) in [5.41, 5.74) is 1.59. The van der Waals surface area contributed by atoms with Crippen LogP contribution >= 0.6 is 23.2 Å². The van der Waals surface area contributed by atoms with Crippen molar-refractivity contribution in [2.24, 2.45) is 7.05 Å². The van der Waals surface area contributed by atoms with Gasteiger partial charge in [-0.05, 0) is 48.9 Å². The predicted molar refractivity (Wildman–Crippen MR) is 111 cm³/mol. The van der Waals surface area contributed by atoms with Crippen molar-refractivity contribution in [2.45, 2.75) is 6.92 Å². The maximum absolute atomic E-state index is 13.4. The van der Waals surface area contributed by atoms with Gasteiger partial charge in [-0.3, -0.25) is 9.36 Å². The fraction of sp³-hybridized carbons (Fsp3) is 0.0952. The van der Waals surface area contributed by atoms with Gasteiger partial charge in [0.05, 0.1) is 21.5 Å². The van der Waals surface area contributed by atoms with Crippen molar-refractivity contribution in [3.8, 4) is 23.0 Å². The molecule has 0 saturated carbocycles. The number of halogens is 3. The number of nitrogens with zero attached hydrogens (tertiary/aromatic N) is 3. The van der Waals surface area contributed by atoms with E-state index in [1.54, 1.807) is 37.5 Å². The van der Waals surface area contributed by atoms with Gasteiger partial charge in [-0.1, -0.05) is 23.2 Å².